The number of hydrogen-bond acceptors (Lipinski definition) is 5. The van der Waals surface area contributed by atoms with E-state index in [0.29, 0.717) is 5.13 Å². The van der Waals surface area contributed by atoms with E-state index in [1.807, 2.05) is 42.6 Å². The van der Waals surface area contributed by atoms with E-state index in [0.717, 1.165) is 16.3 Å². The average Bonchev–Trinajstić information content (AvgIpc) is 3.05. The maximum Gasteiger partial charge on any atom is 0.239 e. The van der Waals surface area contributed by atoms with E-state index in [1.54, 1.807) is 6.20 Å². The third kappa shape index (κ3) is 4.21. The largest absolute Gasteiger partial charge is 0.301 e. The van der Waals surface area contributed by atoms with E-state index in [4.69, 9.17) is 0 Å². The molecular weight excluding hydrogens is 338 g/mol. The number of anilines is 1. The predicted molar refractivity (Wildman–Crippen MR) is 100 cm³/mol. The van der Waals surface area contributed by atoms with Gasteiger partial charge in [0.25, 0.3) is 0 Å². The van der Waals surface area contributed by atoms with E-state index >= 15 is 0 Å². The van der Waals surface area contributed by atoms with E-state index in [1.165, 1.54) is 28.7 Å². The van der Waals surface area contributed by atoms with Gasteiger partial charge in [-0.2, -0.15) is 0 Å². The molecule has 24 heavy (non-hydrogen) atoms. The second-order valence-corrected chi connectivity index (χ2v) is 7.54. The average molecular weight is 355 g/mol. The summed E-state index contributed by atoms with van der Waals surface area (Å²) in [7, 11) is 0. The monoisotopic (exact) mass is 355 g/mol. The fourth-order valence-corrected chi connectivity index (χ4v) is 3.58. The molecule has 3 aromatic rings. The minimum absolute atomic E-state index is 0.0736. The van der Waals surface area contributed by atoms with Crippen LogP contribution in [0.4, 0.5) is 5.13 Å². The highest BCUT2D eigenvalue weighted by Crippen LogP contribution is 2.26. The van der Waals surface area contributed by atoms with Crippen LogP contribution in [0.1, 0.15) is 12.5 Å². The van der Waals surface area contributed by atoms with Gasteiger partial charge < -0.3 is 5.32 Å². The summed E-state index contributed by atoms with van der Waals surface area (Å²) in [5.74, 6) is -0.0736. The van der Waals surface area contributed by atoms with Crippen LogP contribution in [0, 0.1) is 6.92 Å². The zero-order valence-electron chi connectivity index (χ0n) is 13.4. The minimum Gasteiger partial charge on any atom is -0.301 e. The van der Waals surface area contributed by atoms with Crippen LogP contribution < -0.4 is 5.32 Å². The van der Waals surface area contributed by atoms with Gasteiger partial charge in [0.15, 0.2) is 5.13 Å². The molecule has 0 fully saturated rings. The molecule has 0 aliphatic carbocycles. The second kappa shape index (κ2) is 7.59. The molecule has 0 saturated carbocycles. The molecule has 0 saturated heterocycles. The third-order valence-corrected chi connectivity index (χ3v) is 5.19. The standard InChI is InChI=1S/C18H17N3OS2/c1-12-6-8-14(9-7-12)15-11-23-18(20-15)21-17(22)13(2)24-16-5-3-4-10-19-16/h3-11,13H,1-2H3,(H,20,21,22). The number of nitrogens with one attached hydrogen (secondary N) is 1. The van der Waals surface area contributed by atoms with Crippen molar-refractivity contribution in [1.29, 1.82) is 0 Å². The first-order chi connectivity index (χ1) is 11.6. The summed E-state index contributed by atoms with van der Waals surface area (Å²) in [5, 5.41) is 6.04. The highest BCUT2D eigenvalue weighted by atomic mass is 32.2. The Labute approximate surface area is 149 Å². The Bertz CT molecular complexity index is 816. The van der Waals surface area contributed by atoms with Crippen molar-refractivity contribution in [3.63, 3.8) is 0 Å². The lowest BCUT2D eigenvalue weighted by atomic mass is 10.1. The van der Waals surface area contributed by atoms with Gasteiger partial charge in [-0.1, -0.05) is 47.7 Å². The number of nitrogens with zero attached hydrogens (tertiary/aromatic N) is 2. The molecule has 122 valence electrons. The van der Waals surface area contributed by atoms with Crippen molar-refractivity contribution in [3.05, 3.63) is 59.6 Å². The minimum atomic E-state index is -0.244. The fourth-order valence-electron chi connectivity index (χ4n) is 2.05. The van der Waals surface area contributed by atoms with Crippen molar-refractivity contribution in [2.75, 3.05) is 5.32 Å². The maximum absolute atomic E-state index is 12.3. The first-order valence-electron chi connectivity index (χ1n) is 7.53. The van der Waals surface area contributed by atoms with Crippen molar-refractivity contribution in [2.24, 2.45) is 0 Å². The lowest BCUT2D eigenvalue weighted by Gasteiger charge is -2.09. The SMILES string of the molecule is Cc1ccc(-c2csc(NC(=O)C(C)Sc3ccccn3)n2)cc1. The molecule has 0 spiro atoms. The molecule has 0 aliphatic heterocycles. The number of pyridine rings is 1. The maximum atomic E-state index is 12.3. The molecule has 0 radical (unpaired) electrons. The summed E-state index contributed by atoms with van der Waals surface area (Å²) >= 11 is 2.86. The molecule has 2 aromatic heterocycles. The molecule has 0 aliphatic rings. The number of amides is 1. The van der Waals surface area contributed by atoms with Crippen LogP contribution in [0.25, 0.3) is 11.3 Å². The molecule has 3 rings (SSSR count). The normalized spacial score (nSPS) is 11.9. The summed E-state index contributed by atoms with van der Waals surface area (Å²) in [5.41, 5.74) is 3.14. The lowest BCUT2D eigenvalue weighted by molar-refractivity contribution is -0.115. The van der Waals surface area contributed by atoms with Crippen LogP contribution in [-0.4, -0.2) is 21.1 Å². The summed E-state index contributed by atoms with van der Waals surface area (Å²) in [4.78, 5) is 21.0. The third-order valence-electron chi connectivity index (χ3n) is 3.39. The summed E-state index contributed by atoms with van der Waals surface area (Å²) in [6.45, 7) is 3.92. The van der Waals surface area contributed by atoms with Crippen LogP contribution in [0.3, 0.4) is 0 Å². The quantitative estimate of drug-likeness (QED) is 0.678. The van der Waals surface area contributed by atoms with Gasteiger partial charge >= 0.3 is 0 Å². The predicted octanol–water partition coefficient (Wildman–Crippen LogP) is 4.63. The Kier molecular flexibility index (Phi) is 5.27. The van der Waals surface area contributed by atoms with E-state index in [-0.39, 0.29) is 11.2 Å². The van der Waals surface area contributed by atoms with Gasteiger partial charge in [-0.15, -0.1) is 11.3 Å². The summed E-state index contributed by atoms with van der Waals surface area (Å²) in [6.07, 6.45) is 1.72. The van der Waals surface area contributed by atoms with Gasteiger partial charge in [-0.05, 0) is 26.0 Å². The Morgan fingerprint density at radius 1 is 1.21 bits per heavy atom. The number of aryl methyl sites for hydroxylation is 1. The molecule has 2 heterocycles. The highest BCUT2D eigenvalue weighted by Gasteiger charge is 2.16. The van der Waals surface area contributed by atoms with Gasteiger partial charge in [-0.25, -0.2) is 9.97 Å². The zero-order chi connectivity index (χ0) is 16.9. The number of thioether (sulfide) groups is 1. The number of carbonyl (C=O) groups is 1. The van der Waals surface area contributed by atoms with E-state index < -0.39 is 0 Å². The molecule has 0 bridgehead atoms. The van der Waals surface area contributed by atoms with Gasteiger partial charge in [0.05, 0.1) is 16.0 Å². The Morgan fingerprint density at radius 2 is 2.00 bits per heavy atom. The van der Waals surface area contributed by atoms with Gasteiger partial charge in [0.2, 0.25) is 5.91 Å². The number of aromatic nitrogens is 2. The van der Waals surface area contributed by atoms with Crippen LogP contribution in [0.5, 0.6) is 0 Å². The number of rotatable bonds is 5. The smallest absolute Gasteiger partial charge is 0.239 e. The molecule has 1 N–H and O–H groups in total. The van der Waals surface area contributed by atoms with Gasteiger partial charge in [0.1, 0.15) is 0 Å². The highest BCUT2D eigenvalue weighted by molar-refractivity contribution is 8.00. The van der Waals surface area contributed by atoms with Crippen molar-refractivity contribution in [3.8, 4) is 11.3 Å². The first-order valence-corrected chi connectivity index (χ1v) is 9.29. The molecule has 1 aromatic carbocycles. The summed E-state index contributed by atoms with van der Waals surface area (Å²) in [6, 6.07) is 13.8. The molecule has 1 amide bonds. The van der Waals surface area contributed by atoms with Gasteiger partial charge in [-0.3, -0.25) is 4.79 Å². The summed E-state index contributed by atoms with van der Waals surface area (Å²) < 4.78 is 0. The molecular formula is C18H17N3OS2. The Balaban J connectivity index is 1.63. The van der Waals surface area contributed by atoms with E-state index in [9.17, 15) is 4.79 Å². The Hall–Kier alpha value is -2.18. The molecule has 4 nitrogen and oxygen atoms in total. The van der Waals surface area contributed by atoms with Crippen LogP contribution >= 0.6 is 23.1 Å². The molecule has 1 atom stereocenters. The fraction of sp³-hybridized carbons (Fsp3) is 0.167. The van der Waals surface area contributed by atoms with Crippen LogP contribution in [-0.2, 0) is 4.79 Å². The molecule has 1 unspecified atom stereocenters. The number of carbonyl (C=O) groups excluding carboxylic acids is 1. The van der Waals surface area contributed by atoms with Crippen molar-refractivity contribution < 1.29 is 4.79 Å². The van der Waals surface area contributed by atoms with Crippen LogP contribution in [0.15, 0.2) is 59.1 Å². The lowest BCUT2D eigenvalue weighted by Crippen LogP contribution is -2.22. The first kappa shape index (κ1) is 16.7. The van der Waals surface area contributed by atoms with Crippen molar-refractivity contribution in [2.45, 2.75) is 24.1 Å². The molecule has 6 heteroatoms. The Morgan fingerprint density at radius 3 is 2.71 bits per heavy atom. The van der Waals surface area contributed by atoms with E-state index in [2.05, 4.69) is 34.3 Å². The van der Waals surface area contributed by atoms with Gasteiger partial charge in [0, 0.05) is 17.1 Å². The number of benzene rings is 1. The number of thiazole rings is 1. The van der Waals surface area contributed by atoms with Crippen molar-refractivity contribution >= 4 is 34.1 Å². The second-order valence-electron chi connectivity index (χ2n) is 5.32. The van der Waals surface area contributed by atoms with Crippen LogP contribution in [0.2, 0.25) is 0 Å². The topological polar surface area (TPSA) is 54.9 Å². The zero-order valence-corrected chi connectivity index (χ0v) is 15.0. The number of hydrogen-bond donors (Lipinski definition) is 1. The van der Waals surface area contributed by atoms with Crippen molar-refractivity contribution in [1.82, 2.24) is 9.97 Å².